The number of benzene rings is 1. The first-order chi connectivity index (χ1) is 7.43. The summed E-state index contributed by atoms with van der Waals surface area (Å²) in [5.41, 5.74) is 0.932. The van der Waals surface area contributed by atoms with Crippen molar-refractivity contribution in [3.05, 3.63) is 29.3 Å². The molecule has 0 aliphatic carbocycles. The number of ether oxygens (including phenoxy) is 2. The predicted octanol–water partition coefficient (Wildman–Crippen LogP) is 3.28. The van der Waals surface area contributed by atoms with E-state index in [1.165, 1.54) is 7.11 Å². The lowest BCUT2D eigenvalue weighted by atomic mass is 10.1. The van der Waals surface area contributed by atoms with Crippen molar-refractivity contribution in [2.45, 2.75) is 9.90 Å². The number of cyclic esters (lactones) is 1. The minimum atomic E-state index is -1.67. The third-order valence-corrected chi connectivity index (χ3v) is 2.88. The van der Waals surface area contributed by atoms with Crippen molar-refractivity contribution in [1.82, 2.24) is 0 Å². The van der Waals surface area contributed by atoms with Crippen molar-refractivity contribution >= 4 is 40.8 Å². The lowest BCUT2D eigenvalue weighted by Crippen LogP contribution is -2.16. The first-order valence-corrected chi connectivity index (χ1v) is 5.52. The second-order valence-corrected chi connectivity index (χ2v) is 5.65. The van der Waals surface area contributed by atoms with Gasteiger partial charge in [0.2, 0.25) is 3.79 Å². The second kappa shape index (κ2) is 3.99. The molecule has 0 saturated carbocycles. The molecule has 86 valence electrons. The topological polar surface area (TPSA) is 35.5 Å². The molecule has 0 radical (unpaired) electrons. The maximum atomic E-state index is 11.5. The average Bonchev–Trinajstić information content (AvgIpc) is 2.55. The highest BCUT2D eigenvalue weighted by molar-refractivity contribution is 6.68. The summed E-state index contributed by atoms with van der Waals surface area (Å²) in [5, 5.41) is 0. The Balaban J connectivity index is 2.48. The molecular formula is C10H7Cl3O3. The Hall–Kier alpha value is -0.640. The van der Waals surface area contributed by atoms with Crippen molar-refractivity contribution in [3.8, 4) is 5.75 Å². The molecule has 0 saturated heterocycles. The monoisotopic (exact) mass is 280 g/mol. The minimum Gasteiger partial charge on any atom is -0.497 e. The number of carbonyl (C=O) groups excluding carboxylic acids is 1. The van der Waals surface area contributed by atoms with Gasteiger partial charge in [-0.3, -0.25) is 0 Å². The summed E-state index contributed by atoms with van der Waals surface area (Å²) in [6.07, 6.45) is -0.870. The molecule has 0 bridgehead atoms. The number of alkyl halides is 3. The molecular weight excluding hydrogens is 274 g/mol. The van der Waals surface area contributed by atoms with E-state index in [0.717, 1.165) is 0 Å². The van der Waals surface area contributed by atoms with E-state index in [1.54, 1.807) is 18.2 Å². The fourth-order valence-electron chi connectivity index (χ4n) is 1.54. The highest BCUT2D eigenvalue weighted by Crippen LogP contribution is 2.47. The second-order valence-electron chi connectivity index (χ2n) is 3.28. The minimum absolute atomic E-state index is 0.371. The Labute approximate surface area is 107 Å². The van der Waals surface area contributed by atoms with Gasteiger partial charge in [-0.25, -0.2) is 4.79 Å². The zero-order valence-corrected chi connectivity index (χ0v) is 10.4. The SMILES string of the molecule is COc1ccc2c(c1)C(=O)OC2C(Cl)(Cl)Cl. The van der Waals surface area contributed by atoms with E-state index in [4.69, 9.17) is 44.3 Å². The number of hydrogen-bond acceptors (Lipinski definition) is 3. The smallest absolute Gasteiger partial charge is 0.339 e. The van der Waals surface area contributed by atoms with E-state index in [9.17, 15) is 4.79 Å². The maximum absolute atomic E-state index is 11.5. The van der Waals surface area contributed by atoms with Crippen LogP contribution in [0.2, 0.25) is 0 Å². The first kappa shape index (κ1) is 11.8. The van der Waals surface area contributed by atoms with Crippen LogP contribution in [-0.4, -0.2) is 16.9 Å². The van der Waals surface area contributed by atoms with Crippen LogP contribution in [0.15, 0.2) is 18.2 Å². The van der Waals surface area contributed by atoms with E-state index in [0.29, 0.717) is 16.9 Å². The quantitative estimate of drug-likeness (QED) is 0.585. The molecule has 2 rings (SSSR count). The van der Waals surface area contributed by atoms with Gasteiger partial charge in [0.1, 0.15) is 5.75 Å². The molecule has 1 unspecified atom stereocenters. The van der Waals surface area contributed by atoms with Gasteiger partial charge in [-0.2, -0.15) is 0 Å². The fraction of sp³-hybridized carbons (Fsp3) is 0.300. The molecule has 0 aromatic heterocycles. The molecule has 1 aromatic rings. The molecule has 1 aromatic carbocycles. The number of hydrogen-bond donors (Lipinski definition) is 0. The van der Waals surface area contributed by atoms with Crippen LogP contribution in [0.1, 0.15) is 22.0 Å². The lowest BCUT2D eigenvalue weighted by Gasteiger charge is -2.18. The number of rotatable bonds is 1. The molecule has 1 aliphatic heterocycles. The number of halogens is 3. The molecule has 0 N–H and O–H groups in total. The van der Waals surface area contributed by atoms with Gasteiger partial charge in [-0.15, -0.1) is 0 Å². The highest BCUT2D eigenvalue weighted by Gasteiger charge is 2.44. The molecule has 6 heteroatoms. The first-order valence-electron chi connectivity index (χ1n) is 4.39. The van der Waals surface area contributed by atoms with Gasteiger partial charge in [0.15, 0.2) is 6.10 Å². The molecule has 0 fully saturated rings. The highest BCUT2D eigenvalue weighted by atomic mass is 35.6. The maximum Gasteiger partial charge on any atom is 0.339 e. The van der Waals surface area contributed by atoms with Crippen molar-refractivity contribution in [2.75, 3.05) is 7.11 Å². The molecule has 1 aliphatic rings. The van der Waals surface area contributed by atoms with Gasteiger partial charge in [0.05, 0.1) is 12.7 Å². The fourth-order valence-corrected chi connectivity index (χ4v) is 2.03. The number of fused-ring (bicyclic) bond motifs is 1. The Kier molecular flexibility index (Phi) is 2.95. The Morgan fingerprint density at radius 2 is 2.06 bits per heavy atom. The number of carbonyl (C=O) groups is 1. The van der Waals surface area contributed by atoms with Crippen LogP contribution in [0.25, 0.3) is 0 Å². The largest absolute Gasteiger partial charge is 0.497 e. The third-order valence-electron chi connectivity index (χ3n) is 2.29. The van der Waals surface area contributed by atoms with Crippen molar-refractivity contribution in [3.63, 3.8) is 0 Å². The number of esters is 1. The van der Waals surface area contributed by atoms with Gasteiger partial charge in [0, 0.05) is 5.56 Å². The summed E-state index contributed by atoms with van der Waals surface area (Å²) in [7, 11) is 1.51. The molecule has 0 spiro atoms. The Bertz CT molecular complexity index is 439. The lowest BCUT2D eigenvalue weighted by molar-refractivity contribution is 0.0393. The van der Waals surface area contributed by atoms with Gasteiger partial charge >= 0.3 is 5.97 Å². The molecule has 3 nitrogen and oxygen atoms in total. The van der Waals surface area contributed by atoms with Crippen molar-refractivity contribution in [1.29, 1.82) is 0 Å². The van der Waals surface area contributed by atoms with E-state index in [1.807, 2.05) is 0 Å². The molecule has 16 heavy (non-hydrogen) atoms. The molecule has 1 heterocycles. The summed E-state index contributed by atoms with van der Waals surface area (Å²) in [5.74, 6) is 0.0471. The van der Waals surface area contributed by atoms with Crippen LogP contribution in [-0.2, 0) is 4.74 Å². The van der Waals surface area contributed by atoms with E-state index < -0.39 is 15.9 Å². The Morgan fingerprint density at radius 3 is 2.62 bits per heavy atom. The summed E-state index contributed by atoms with van der Waals surface area (Å²) in [6, 6.07) is 4.91. The standard InChI is InChI=1S/C10H7Cl3O3/c1-15-5-2-3-6-7(4-5)9(14)16-8(6)10(11,12)13/h2-4,8H,1H3. The van der Waals surface area contributed by atoms with Gasteiger partial charge in [0.25, 0.3) is 0 Å². The number of methoxy groups -OCH3 is 1. The Morgan fingerprint density at radius 1 is 1.38 bits per heavy atom. The van der Waals surface area contributed by atoms with E-state index >= 15 is 0 Å². The van der Waals surface area contributed by atoms with Crippen LogP contribution in [0.4, 0.5) is 0 Å². The summed E-state index contributed by atoms with van der Waals surface area (Å²) < 4.78 is 8.34. The van der Waals surface area contributed by atoms with Crippen molar-refractivity contribution < 1.29 is 14.3 Å². The molecule has 0 amide bonds. The van der Waals surface area contributed by atoms with Gasteiger partial charge < -0.3 is 9.47 Å². The van der Waals surface area contributed by atoms with Crippen molar-refractivity contribution in [2.24, 2.45) is 0 Å². The average molecular weight is 282 g/mol. The zero-order chi connectivity index (χ0) is 11.9. The summed E-state index contributed by atoms with van der Waals surface area (Å²) in [6.45, 7) is 0. The summed E-state index contributed by atoms with van der Waals surface area (Å²) in [4.78, 5) is 11.5. The van der Waals surface area contributed by atoms with Crippen LogP contribution in [0.3, 0.4) is 0 Å². The van der Waals surface area contributed by atoms with Gasteiger partial charge in [-0.05, 0) is 12.1 Å². The van der Waals surface area contributed by atoms with Gasteiger partial charge in [-0.1, -0.05) is 40.9 Å². The normalized spacial score (nSPS) is 19.2. The predicted molar refractivity (Wildman–Crippen MR) is 61.4 cm³/mol. The third kappa shape index (κ3) is 1.95. The van der Waals surface area contributed by atoms with E-state index in [-0.39, 0.29) is 0 Å². The van der Waals surface area contributed by atoms with Crippen LogP contribution < -0.4 is 4.74 Å². The zero-order valence-electron chi connectivity index (χ0n) is 8.17. The van der Waals surface area contributed by atoms with Crippen LogP contribution >= 0.6 is 34.8 Å². The van der Waals surface area contributed by atoms with E-state index in [2.05, 4.69) is 0 Å². The van der Waals surface area contributed by atoms with Crippen LogP contribution in [0, 0.1) is 0 Å². The van der Waals surface area contributed by atoms with Crippen LogP contribution in [0.5, 0.6) is 5.75 Å². The summed E-state index contributed by atoms with van der Waals surface area (Å²) >= 11 is 17.2. The molecule has 1 atom stereocenters.